The minimum absolute atomic E-state index is 0.0844. The summed E-state index contributed by atoms with van der Waals surface area (Å²) in [5.41, 5.74) is 15.5. The first-order valence-electron chi connectivity index (χ1n) is 20.1. The summed E-state index contributed by atoms with van der Waals surface area (Å²) >= 11 is 0. The maximum atomic E-state index is 6.48. The molecular formula is C54H36N4O. The molecule has 0 saturated carbocycles. The largest absolute Gasteiger partial charge is 0.456 e. The van der Waals surface area contributed by atoms with Gasteiger partial charge in [0, 0.05) is 49.3 Å². The van der Waals surface area contributed by atoms with E-state index in [2.05, 4.69) is 128 Å². The van der Waals surface area contributed by atoms with Crippen LogP contribution in [-0.4, -0.2) is 19.5 Å². The first-order chi connectivity index (χ1) is 29.0. The third-order valence-corrected chi connectivity index (χ3v) is 12.3. The predicted molar refractivity (Wildman–Crippen MR) is 241 cm³/mol. The highest BCUT2D eigenvalue weighted by Crippen LogP contribution is 2.51. The first-order valence-corrected chi connectivity index (χ1v) is 20.1. The SMILES string of the molecule is CC1(C)c2ccccc2-c2cc3c4ccccc4n(-c4ccc(-c5ccc6oc7cccc(-c8nc(-c9ccccc9)nc(-c9ccccc9)n8)c7c6c5)cc4)c3cc21. The van der Waals surface area contributed by atoms with Crippen LogP contribution in [0.5, 0.6) is 0 Å². The fourth-order valence-electron chi connectivity index (χ4n) is 9.37. The van der Waals surface area contributed by atoms with Gasteiger partial charge in [-0.1, -0.05) is 147 Å². The Morgan fingerprint density at radius 2 is 1.05 bits per heavy atom. The van der Waals surface area contributed by atoms with E-state index < -0.39 is 0 Å². The second kappa shape index (κ2) is 12.7. The molecule has 11 aromatic rings. The lowest BCUT2D eigenvalue weighted by Gasteiger charge is -2.21. The van der Waals surface area contributed by atoms with Crippen molar-refractivity contribution in [2.45, 2.75) is 19.3 Å². The van der Waals surface area contributed by atoms with Crippen LogP contribution in [0.25, 0.3) is 106 Å². The molecule has 0 aliphatic heterocycles. The molecule has 5 nitrogen and oxygen atoms in total. The van der Waals surface area contributed by atoms with E-state index in [0.29, 0.717) is 17.5 Å². The molecule has 3 aromatic heterocycles. The Bertz CT molecular complexity index is 3390. The number of hydrogen-bond acceptors (Lipinski definition) is 4. The van der Waals surface area contributed by atoms with Gasteiger partial charge in [0.15, 0.2) is 17.5 Å². The van der Waals surface area contributed by atoms with Crippen molar-refractivity contribution in [1.82, 2.24) is 19.5 Å². The van der Waals surface area contributed by atoms with Crippen LogP contribution in [0.15, 0.2) is 186 Å². The summed E-state index contributed by atoms with van der Waals surface area (Å²) < 4.78 is 8.90. The van der Waals surface area contributed by atoms with Crippen LogP contribution in [-0.2, 0) is 5.41 Å². The number of benzene rings is 8. The van der Waals surface area contributed by atoms with Crippen LogP contribution in [0.1, 0.15) is 25.0 Å². The van der Waals surface area contributed by atoms with E-state index in [0.717, 1.165) is 55.4 Å². The molecule has 1 aliphatic rings. The third kappa shape index (κ3) is 5.14. The van der Waals surface area contributed by atoms with E-state index in [9.17, 15) is 0 Å². The summed E-state index contributed by atoms with van der Waals surface area (Å²) in [6.45, 7) is 4.70. The zero-order valence-corrected chi connectivity index (χ0v) is 32.5. The molecule has 0 radical (unpaired) electrons. The van der Waals surface area contributed by atoms with Crippen LogP contribution in [0.4, 0.5) is 0 Å². The summed E-state index contributed by atoms with van der Waals surface area (Å²) in [6.07, 6.45) is 0. The third-order valence-electron chi connectivity index (χ3n) is 12.3. The Labute approximate surface area is 340 Å². The summed E-state index contributed by atoms with van der Waals surface area (Å²) in [5, 5.41) is 4.52. The fraction of sp³-hybridized carbons (Fsp3) is 0.0556. The average molecular weight is 757 g/mol. The molecule has 1 aliphatic carbocycles. The molecule has 278 valence electrons. The smallest absolute Gasteiger partial charge is 0.164 e. The molecular weight excluding hydrogens is 721 g/mol. The summed E-state index contributed by atoms with van der Waals surface area (Å²) in [6, 6.07) is 64.2. The van der Waals surface area contributed by atoms with E-state index in [1.165, 1.54) is 44.1 Å². The van der Waals surface area contributed by atoms with Crippen molar-refractivity contribution < 1.29 is 4.42 Å². The minimum atomic E-state index is -0.0844. The predicted octanol–water partition coefficient (Wildman–Crippen LogP) is 13.8. The van der Waals surface area contributed by atoms with Gasteiger partial charge in [0.2, 0.25) is 0 Å². The highest BCUT2D eigenvalue weighted by molar-refractivity contribution is 6.13. The Morgan fingerprint density at radius 1 is 0.407 bits per heavy atom. The highest BCUT2D eigenvalue weighted by Gasteiger charge is 2.36. The number of hydrogen-bond donors (Lipinski definition) is 0. The Hall–Kier alpha value is -7.63. The highest BCUT2D eigenvalue weighted by atomic mass is 16.3. The van der Waals surface area contributed by atoms with Crippen LogP contribution in [0.2, 0.25) is 0 Å². The lowest BCUT2D eigenvalue weighted by Crippen LogP contribution is -2.14. The molecule has 0 spiro atoms. The van der Waals surface area contributed by atoms with E-state index in [-0.39, 0.29) is 5.41 Å². The van der Waals surface area contributed by atoms with E-state index in [1.807, 2.05) is 72.8 Å². The average Bonchev–Trinajstić information content (AvgIpc) is 3.91. The van der Waals surface area contributed by atoms with E-state index in [1.54, 1.807) is 0 Å². The molecule has 0 amide bonds. The number of para-hydroxylation sites is 1. The number of nitrogens with zero attached hydrogens (tertiary/aromatic N) is 4. The number of rotatable bonds is 5. The van der Waals surface area contributed by atoms with E-state index in [4.69, 9.17) is 19.4 Å². The number of furan rings is 1. The van der Waals surface area contributed by atoms with Gasteiger partial charge in [-0.3, -0.25) is 0 Å². The van der Waals surface area contributed by atoms with Gasteiger partial charge in [-0.15, -0.1) is 0 Å². The maximum absolute atomic E-state index is 6.48. The molecule has 0 bridgehead atoms. The molecule has 59 heavy (non-hydrogen) atoms. The van der Waals surface area contributed by atoms with Crippen molar-refractivity contribution in [2.24, 2.45) is 0 Å². The fourth-order valence-corrected chi connectivity index (χ4v) is 9.37. The number of fused-ring (bicyclic) bond motifs is 9. The normalized spacial score (nSPS) is 13.1. The standard InChI is InChI=1S/C54H36N4O/c1-54(2)44-21-11-9-18-38(44)41-31-42-39-19-10-12-22-46(39)58(47(42)32-45(41)54)37-27-24-33(25-28-37)36-26-29-48-43(30-36)50-40(20-13-23-49(50)59-48)53-56-51(34-14-5-3-6-15-34)55-52(57-53)35-16-7-4-8-17-35/h3-32H,1-2H3. The molecule has 0 atom stereocenters. The maximum Gasteiger partial charge on any atom is 0.164 e. The molecule has 5 heteroatoms. The van der Waals surface area contributed by atoms with Gasteiger partial charge in [0.1, 0.15) is 11.2 Å². The van der Waals surface area contributed by atoms with Gasteiger partial charge in [0.05, 0.1) is 11.0 Å². The van der Waals surface area contributed by atoms with Crippen LogP contribution in [0, 0.1) is 0 Å². The van der Waals surface area contributed by atoms with Gasteiger partial charge < -0.3 is 8.98 Å². The van der Waals surface area contributed by atoms with Crippen molar-refractivity contribution in [3.05, 3.63) is 193 Å². The molecule has 0 unspecified atom stereocenters. The second-order valence-corrected chi connectivity index (χ2v) is 16.0. The lowest BCUT2D eigenvalue weighted by molar-refractivity contribution is 0.661. The van der Waals surface area contributed by atoms with Crippen molar-refractivity contribution in [3.63, 3.8) is 0 Å². The number of aromatic nitrogens is 4. The summed E-state index contributed by atoms with van der Waals surface area (Å²) in [5.74, 6) is 1.85. The topological polar surface area (TPSA) is 56.7 Å². The van der Waals surface area contributed by atoms with Crippen LogP contribution in [0.3, 0.4) is 0 Å². The molecule has 0 fully saturated rings. The first kappa shape index (κ1) is 33.5. The second-order valence-electron chi connectivity index (χ2n) is 16.0. The minimum Gasteiger partial charge on any atom is -0.456 e. The Balaban J connectivity index is 0.980. The Morgan fingerprint density at radius 3 is 1.81 bits per heavy atom. The summed E-state index contributed by atoms with van der Waals surface area (Å²) in [4.78, 5) is 15.1. The van der Waals surface area contributed by atoms with Gasteiger partial charge in [-0.05, 0) is 81.9 Å². The van der Waals surface area contributed by atoms with Crippen molar-refractivity contribution in [3.8, 4) is 62.1 Å². The van der Waals surface area contributed by atoms with Gasteiger partial charge in [-0.2, -0.15) is 0 Å². The molecule has 0 N–H and O–H groups in total. The monoisotopic (exact) mass is 756 g/mol. The Kier molecular flexibility index (Phi) is 7.20. The zero-order valence-electron chi connectivity index (χ0n) is 32.5. The summed E-state index contributed by atoms with van der Waals surface area (Å²) in [7, 11) is 0. The van der Waals surface area contributed by atoms with Crippen LogP contribution < -0.4 is 0 Å². The van der Waals surface area contributed by atoms with Crippen molar-refractivity contribution in [2.75, 3.05) is 0 Å². The molecule has 0 saturated heterocycles. The quantitative estimate of drug-likeness (QED) is 0.175. The molecule has 3 heterocycles. The lowest BCUT2D eigenvalue weighted by atomic mass is 9.82. The molecule has 12 rings (SSSR count). The molecule has 8 aromatic carbocycles. The zero-order chi connectivity index (χ0) is 39.2. The van der Waals surface area contributed by atoms with Crippen LogP contribution >= 0.6 is 0 Å². The van der Waals surface area contributed by atoms with Gasteiger partial charge >= 0.3 is 0 Å². The van der Waals surface area contributed by atoms with Gasteiger partial charge in [-0.25, -0.2) is 15.0 Å². The van der Waals surface area contributed by atoms with E-state index >= 15 is 0 Å². The van der Waals surface area contributed by atoms with Crippen molar-refractivity contribution >= 4 is 43.7 Å². The van der Waals surface area contributed by atoms with Crippen molar-refractivity contribution in [1.29, 1.82) is 0 Å². The van der Waals surface area contributed by atoms with Gasteiger partial charge in [0.25, 0.3) is 0 Å².